The molecule has 0 aliphatic heterocycles. The van der Waals surface area contributed by atoms with Crippen molar-refractivity contribution in [2.75, 3.05) is 13.7 Å². The van der Waals surface area contributed by atoms with Crippen molar-refractivity contribution in [2.24, 2.45) is 5.10 Å². The first-order valence-electron chi connectivity index (χ1n) is 10.0. The predicted octanol–water partition coefficient (Wildman–Crippen LogP) is 4.71. The van der Waals surface area contributed by atoms with E-state index in [9.17, 15) is 9.59 Å². The molecule has 0 unspecified atom stereocenters. The Balaban J connectivity index is 1.56. The van der Waals surface area contributed by atoms with E-state index in [1.54, 1.807) is 42.5 Å². The highest BCUT2D eigenvalue weighted by atomic mass is 35.5. The monoisotopic (exact) mass is 466 g/mol. The largest absolute Gasteiger partial charge is 0.493 e. The Hall–Kier alpha value is -3.84. The molecule has 0 aromatic heterocycles. The number of rotatable bonds is 8. The summed E-state index contributed by atoms with van der Waals surface area (Å²) in [5, 5.41) is 4.45. The molecular formula is C25H23ClN2O5. The number of hydrazone groups is 1. The highest BCUT2D eigenvalue weighted by Crippen LogP contribution is 2.28. The van der Waals surface area contributed by atoms with Crippen LogP contribution in [0.3, 0.4) is 0 Å². The normalized spacial score (nSPS) is 10.7. The molecule has 0 bridgehead atoms. The Morgan fingerprint density at radius 3 is 2.42 bits per heavy atom. The minimum absolute atomic E-state index is 0.164. The molecule has 0 saturated heterocycles. The van der Waals surface area contributed by atoms with Crippen LogP contribution in [0.15, 0.2) is 65.8 Å². The fourth-order valence-electron chi connectivity index (χ4n) is 2.76. The Morgan fingerprint density at radius 1 is 0.970 bits per heavy atom. The van der Waals surface area contributed by atoms with Crippen molar-refractivity contribution in [1.82, 2.24) is 5.43 Å². The van der Waals surface area contributed by atoms with Gasteiger partial charge in [-0.2, -0.15) is 5.10 Å². The molecule has 8 heteroatoms. The molecule has 7 nitrogen and oxygen atoms in total. The molecule has 0 aliphatic rings. The minimum Gasteiger partial charge on any atom is -0.493 e. The summed E-state index contributed by atoms with van der Waals surface area (Å²) in [6.45, 7) is 3.82. The summed E-state index contributed by atoms with van der Waals surface area (Å²) in [5.41, 5.74) is 5.63. The van der Waals surface area contributed by atoms with Crippen molar-refractivity contribution in [3.8, 4) is 17.2 Å². The lowest BCUT2D eigenvalue weighted by Gasteiger charge is -2.10. The van der Waals surface area contributed by atoms with Gasteiger partial charge in [0.1, 0.15) is 5.75 Å². The molecule has 0 heterocycles. The Morgan fingerprint density at radius 2 is 1.73 bits per heavy atom. The summed E-state index contributed by atoms with van der Waals surface area (Å²) in [7, 11) is 1.46. The van der Waals surface area contributed by atoms with Crippen molar-refractivity contribution >= 4 is 29.7 Å². The molecule has 0 radical (unpaired) electrons. The predicted molar refractivity (Wildman–Crippen MR) is 127 cm³/mol. The molecule has 3 rings (SSSR count). The summed E-state index contributed by atoms with van der Waals surface area (Å²) >= 11 is 5.84. The second-order valence-electron chi connectivity index (χ2n) is 7.13. The van der Waals surface area contributed by atoms with Gasteiger partial charge in [-0.3, -0.25) is 4.79 Å². The van der Waals surface area contributed by atoms with Gasteiger partial charge in [0.2, 0.25) is 0 Å². The molecule has 0 fully saturated rings. The second kappa shape index (κ2) is 11.2. The quantitative estimate of drug-likeness (QED) is 0.225. The first kappa shape index (κ1) is 23.8. The summed E-state index contributed by atoms with van der Waals surface area (Å²) < 4.78 is 16.2. The van der Waals surface area contributed by atoms with Gasteiger partial charge in [-0.1, -0.05) is 17.7 Å². The standard InChI is InChI=1S/C25H23ClN2O5/c1-16-4-10-21(12-17(16)2)32-15-24(29)28-27-14-18-5-11-22(23(13-18)31-3)33-25(30)19-6-8-20(26)9-7-19/h4-14H,15H2,1-3H3,(H,28,29)/b27-14-. The second-order valence-corrected chi connectivity index (χ2v) is 7.57. The molecule has 1 N–H and O–H groups in total. The molecule has 1 amide bonds. The van der Waals surface area contributed by atoms with Gasteiger partial charge in [-0.05, 0) is 85.1 Å². The van der Waals surface area contributed by atoms with E-state index >= 15 is 0 Å². The molecule has 0 spiro atoms. The zero-order valence-electron chi connectivity index (χ0n) is 18.4. The van der Waals surface area contributed by atoms with Gasteiger partial charge in [-0.25, -0.2) is 10.2 Å². The van der Waals surface area contributed by atoms with Crippen LogP contribution in [0.4, 0.5) is 0 Å². The topological polar surface area (TPSA) is 86.2 Å². The van der Waals surface area contributed by atoms with Gasteiger partial charge in [0, 0.05) is 5.02 Å². The van der Waals surface area contributed by atoms with Crippen LogP contribution in [-0.2, 0) is 4.79 Å². The summed E-state index contributed by atoms with van der Waals surface area (Å²) in [6, 6.07) is 16.9. The number of esters is 1. The maximum absolute atomic E-state index is 12.3. The van der Waals surface area contributed by atoms with Gasteiger partial charge in [0.25, 0.3) is 5.91 Å². The zero-order valence-corrected chi connectivity index (χ0v) is 19.2. The highest BCUT2D eigenvalue weighted by Gasteiger charge is 2.13. The van der Waals surface area contributed by atoms with Crippen LogP contribution in [0.25, 0.3) is 0 Å². The molecule has 170 valence electrons. The summed E-state index contributed by atoms with van der Waals surface area (Å²) in [5.74, 6) is 0.268. The molecular weight excluding hydrogens is 444 g/mol. The number of benzene rings is 3. The average Bonchev–Trinajstić information content (AvgIpc) is 2.81. The summed E-state index contributed by atoms with van der Waals surface area (Å²) in [4.78, 5) is 24.3. The van der Waals surface area contributed by atoms with E-state index in [2.05, 4.69) is 10.5 Å². The molecule has 0 aliphatic carbocycles. The summed E-state index contributed by atoms with van der Waals surface area (Å²) in [6.07, 6.45) is 1.45. The van der Waals surface area contributed by atoms with Crippen LogP contribution < -0.4 is 19.6 Å². The Kier molecular flexibility index (Phi) is 8.05. The van der Waals surface area contributed by atoms with E-state index in [0.29, 0.717) is 27.6 Å². The van der Waals surface area contributed by atoms with Crippen molar-refractivity contribution in [2.45, 2.75) is 13.8 Å². The third-order valence-electron chi connectivity index (χ3n) is 4.72. The molecule has 3 aromatic carbocycles. The molecule has 0 saturated carbocycles. The Labute approximate surface area is 196 Å². The van der Waals surface area contributed by atoms with Crippen molar-refractivity contribution < 1.29 is 23.8 Å². The van der Waals surface area contributed by atoms with Crippen LogP contribution in [0.1, 0.15) is 27.0 Å². The van der Waals surface area contributed by atoms with Crippen molar-refractivity contribution in [3.05, 3.63) is 87.9 Å². The fourth-order valence-corrected chi connectivity index (χ4v) is 2.88. The number of amides is 1. The van der Waals surface area contributed by atoms with Gasteiger partial charge in [0.05, 0.1) is 18.9 Å². The number of hydrogen-bond donors (Lipinski definition) is 1. The molecule has 0 atom stereocenters. The van der Waals surface area contributed by atoms with Crippen molar-refractivity contribution in [3.63, 3.8) is 0 Å². The van der Waals surface area contributed by atoms with Crippen LogP contribution in [0.2, 0.25) is 5.02 Å². The first-order valence-corrected chi connectivity index (χ1v) is 10.4. The number of nitrogens with zero attached hydrogens (tertiary/aromatic N) is 1. The van der Waals surface area contributed by atoms with Crippen LogP contribution >= 0.6 is 11.6 Å². The van der Waals surface area contributed by atoms with Crippen molar-refractivity contribution in [1.29, 1.82) is 0 Å². The minimum atomic E-state index is -0.539. The number of carbonyl (C=O) groups is 2. The number of methoxy groups -OCH3 is 1. The first-order chi connectivity index (χ1) is 15.9. The van der Waals surface area contributed by atoms with Gasteiger partial charge in [-0.15, -0.1) is 0 Å². The lowest BCUT2D eigenvalue weighted by Crippen LogP contribution is -2.24. The highest BCUT2D eigenvalue weighted by molar-refractivity contribution is 6.30. The number of ether oxygens (including phenoxy) is 3. The maximum atomic E-state index is 12.3. The molecule has 33 heavy (non-hydrogen) atoms. The molecule has 3 aromatic rings. The van der Waals surface area contributed by atoms with E-state index in [-0.39, 0.29) is 12.4 Å². The van der Waals surface area contributed by atoms with Gasteiger partial charge in [0.15, 0.2) is 18.1 Å². The lowest BCUT2D eigenvalue weighted by atomic mass is 10.1. The van der Waals surface area contributed by atoms with E-state index in [4.69, 9.17) is 25.8 Å². The Bertz CT molecular complexity index is 1180. The van der Waals surface area contributed by atoms with E-state index in [0.717, 1.165) is 11.1 Å². The van der Waals surface area contributed by atoms with E-state index in [1.807, 2.05) is 32.0 Å². The van der Waals surface area contributed by atoms with Gasteiger partial charge < -0.3 is 14.2 Å². The third kappa shape index (κ3) is 6.82. The van der Waals surface area contributed by atoms with E-state index < -0.39 is 11.9 Å². The number of aryl methyl sites for hydroxylation is 2. The fraction of sp³-hybridized carbons (Fsp3) is 0.160. The number of halogens is 1. The van der Waals surface area contributed by atoms with E-state index in [1.165, 1.54) is 13.3 Å². The van der Waals surface area contributed by atoms with Crippen LogP contribution in [-0.4, -0.2) is 31.8 Å². The smallest absolute Gasteiger partial charge is 0.343 e. The van der Waals surface area contributed by atoms with Crippen LogP contribution in [0.5, 0.6) is 17.2 Å². The number of nitrogens with one attached hydrogen (secondary N) is 1. The number of hydrogen-bond acceptors (Lipinski definition) is 6. The lowest BCUT2D eigenvalue weighted by molar-refractivity contribution is -0.123. The van der Waals surface area contributed by atoms with Gasteiger partial charge >= 0.3 is 5.97 Å². The average molecular weight is 467 g/mol. The number of carbonyl (C=O) groups excluding carboxylic acids is 2. The zero-order chi connectivity index (χ0) is 23.8. The maximum Gasteiger partial charge on any atom is 0.343 e. The SMILES string of the molecule is COc1cc(/C=N\NC(=O)COc2ccc(C)c(C)c2)ccc1OC(=O)c1ccc(Cl)cc1. The third-order valence-corrected chi connectivity index (χ3v) is 4.97. The van der Waals surface area contributed by atoms with Crippen LogP contribution in [0, 0.1) is 13.8 Å².